The van der Waals surface area contributed by atoms with Crippen molar-refractivity contribution in [2.75, 3.05) is 7.11 Å². The molecule has 0 aliphatic heterocycles. The van der Waals surface area contributed by atoms with Gasteiger partial charge >= 0.3 is 5.97 Å². The minimum Gasteiger partial charge on any atom is -0.466 e. The van der Waals surface area contributed by atoms with Gasteiger partial charge in [-0.1, -0.05) is 85.3 Å². The van der Waals surface area contributed by atoms with Crippen molar-refractivity contribution >= 4 is 11.8 Å². The summed E-state index contributed by atoms with van der Waals surface area (Å²) in [6.45, 7) is 12.2. The average molecular weight is 395 g/mol. The lowest BCUT2D eigenvalue weighted by atomic mass is 9.68. The summed E-state index contributed by atoms with van der Waals surface area (Å²) in [6.07, 6.45) is 20.2. The molecule has 0 saturated carbocycles. The van der Waals surface area contributed by atoms with Gasteiger partial charge in [-0.05, 0) is 39.2 Å². The van der Waals surface area contributed by atoms with Crippen molar-refractivity contribution in [2.24, 2.45) is 11.3 Å². The van der Waals surface area contributed by atoms with Gasteiger partial charge in [-0.3, -0.25) is 4.79 Å². The fourth-order valence-electron chi connectivity index (χ4n) is 3.33. The Hall–Kier alpha value is -2.68. The highest BCUT2D eigenvalue weighted by Crippen LogP contribution is 2.40. The maximum absolute atomic E-state index is 11.8. The van der Waals surface area contributed by atoms with E-state index < -0.39 is 0 Å². The van der Waals surface area contributed by atoms with Gasteiger partial charge in [0.05, 0.1) is 7.11 Å². The molecule has 3 nitrogen and oxygen atoms in total. The molecule has 3 heteroatoms. The summed E-state index contributed by atoms with van der Waals surface area (Å²) in [6, 6.07) is 0. The van der Waals surface area contributed by atoms with Gasteiger partial charge in [0, 0.05) is 17.9 Å². The fourth-order valence-corrected chi connectivity index (χ4v) is 3.33. The quantitative estimate of drug-likeness (QED) is 0.292. The molecule has 0 amide bonds. The normalized spacial score (nSPS) is 21.3. The maximum atomic E-state index is 11.8. The minimum atomic E-state index is -0.321. The lowest BCUT2D eigenvalue weighted by Crippen LogP contribution is -2.30. The summed E-state index contributed by atoms with van der Waals surface area (Å²) in [4.78, 5) is 23.1. The molecule has 0 aromatic heterocycles. The van der Waals surface area contributed by atoms with Crippen LogP contribution in [0.4, 0.5) is 0 Å². The predicted molar refractivity (Wildman–Crippen MR) is 121 cm³/mol. The first-order chi connectivity index (χ1) is 13.6. The first kappa shape index (κ1) is 24.4. The second kappa shape index (κ2) is 11.4. The molecule has 0 aromatic rings. The lowest BCUT2D eigenvalue weighted by molar-refractivity contribution is -0.136. The van der Waals surface area contributed by atoms with Crippen LogP contribution in [-0.4, -0.2) is 18.9 Å². The summed E-state index contributed by atoms with van der Waals surface area (Å²) < 4.78 is 4.65. The van der Waals surface area contributed by atoms with Gasteiger partial charge in [0.15, 0.2) is 5.78 Å². The number of hydrogen-bond acceptors (Lipinski definition) is 3. The number of hydrogen-bond donors (Lipinski definition) is 0. The molecule has 0 N–H and O–H groups in total. The lowest BCUT2D eigenvalue weighted by Gasteiger charge is -2.35. The van der Waals surface area contributed by atoms with Gasteiger partial charge in [-0.2, -0.15) is 0 Å². The standard InChI is InChI=1S/C26H34O3/c1-19(11-8-9-14-21(3)25(28)29-7)12-10-13-20(2)15-16-24-22(4)17-23(27)18-26(24,5)6/h8-17,24H,18H2,1-7H3/b9-8+,12-10+,16-15+,19-11+,20-13+,21-14+/t24-/m0/s1. The summed E-state index contributed by atoms with van der Waals surface area (Å²) in [5.74, 6) is 0.179. The summed E-state index contributed by atoms with van der Waals surface area (Å²) in [5.41, 5.74) is 3.90. The number of rotatable bonds is 7. The van der Waals surface area contributed by atoms with E-state index in [0.717, 1.165) is 16.7 Å². The van der Waals surface area contributed by atoms with Crippen LogP contribution in [0, 0.1) is 11.3 Å². The first-order valence-electron chi connectivity index (χ1n) is 9.91. The van der Waals surface area contributed by atoms with E-state index in [9.17, 15) is 9.59 Å². The highest BCUT2D eigenvalue weighted by Gasteiger charge is 2.34. The van der Waals surface area contributed by atoms with E-state index in [1.807, 2.05) is 44.2 Å². The van der Waals surface area contributed by atoms with E-state index in [2.05, 4.69) is 43.7 Å². The van der Waals surface area contributed by atoms with Gasteiger partial charge in [-0.15, -0.1) is 0 Å². The number of allylic oxidation sites excluding steroid dienone is 13. The van der Waals surface area contributed by atoms with E-state index in [1.165, 1.54) is 7.11 Å². The van der Waals surface area contributed by atoms with Crippen LogP contribution in [-0.2, 0) is 14.3 Å². The van der Waals surface area contributed by atoms with Crippen molar-refractivity contribution in [3.63, 3.8) is 0 Å². The molecule has 0 bridgehead atoms. The molecule has 0 heterocycles. The van der Waals surface area contributed by atoms with Crippen molar-refractivity contribution < 1.29 is 14.3 Å². The first-order valence-corrected chi connectivity index (χ1v) is 9.91. The monoisotopic (exact) mass is 394 g/mol. The van der Waals surface area contributed by atoms with Gasteiger partial charge in [0.1, 0.15) is 0 Å². The topological polar surface area (TPSA) is 43.4 Å². The average Bonchev–Trinajstić information content (AvgIpc) is 2.62. The molecule has 0 saturated heterocycles. The van der Waals surface area contributed by atoms with Crippen molar-refractivity contribution in [1.29, 1.82) is 0 Å². The Labute approximate surface area is 175 Å². The number of ketones is 1. The SMILES string of the molecule is COC(=O)/C(C)=C/C=C/C=C(C)/C=C/C=C(C)/C=C/[C@H]1C(C)=CC(=O)CC1(C)C. The van der Waals surface area contributed by atoms with Gasteiger partial charge < -0.3 is 4.74 Å². The van der Waals surface area contributed by atoms with Crippen molar-refractivity contribution in [1.82, 2.24) is 0 Å². The Morgan fingerprint density at radius 2 is 1.62 bits per heavy atom. The summed E-state index contributed by atoms with van der Waals surface area (Å²) in [5, 5.41) is 0. The van der Waals surface area contributed by atoms with Crippen LogP contribution in [0.25, 0.3) is 0 Å². The van der Waals surface area contributed by atoms with E-state index in [0.29, 0.717) is 12.0 Å². The third kappa shape index (κ3) is 8.47. The third-order valence-electron chi connectivity index (χ3n) is 4.94. The number of carbonyl (C=O) groups excluding carboxylic acids is 2. The van der Waals surface area contributed by atoms with Crippen LogP contribution in [0.1, 0.15) is 48.0 Å². The van der Waals surface area contributed by atoms with Gasteiger partial charge in [0.2, 0.25) is 0 Å². The van der Waals surface area contributed by atoms with Gasteiger partial charge in [0.25, 0.3) is 0 Å². The van der Waals surface area contributed by atoms with Crippen molar-refractivity contribution in [2.45, 2.75) is 48.0 Å². The minimum absolute atomic E-state index is 0.0468. The molecular formula is C26H34O3. The van der Waals surface area contributed by atoms with E-state index >= 15 is 0 Å². The molecule has 156 valence electrons. The van der Waals surface area contributed by atoms with E-state index in [-0.39, 0.29) is 23.1 Å². The maximum Gasteiger partial charge on any atom is 0.333 e. The highest BCUT2D eigenvalue weighted by molar-refractivity contribution is 5.92. The zero-order valence-electron chi connectivity index (χ0n) is 18.8. The Bertz CT molecular complexity index is 824. The molecule has 0 spiro atoms. The highest BCUT2D eigenvalue weighted by atomic mass is 16.5. The van der Waals surface area contributed by atoms with Crippen molar-refractivity contribution in [3.05, 3.63) is 83.1 Å². The zero-order chi connectivity index (χ0) is 22.0. The van der Waals surface area contributed by atoms with Crippen LogP contribution >= 0.6 is 0 Å². The van der Waals surface area contributed by atoms with Crippen LogP contribution < -0.4 is 0 Å². The molecule has 0 aromatic carbocycles. The molecule has 0 unspecified atom stereocenters. The molecule has 29 heavy (non-hydrogen) atoms. The van der Waals surface area contributed by atoms with Crippen LogP contribution in [0.15, 0.2) is 83.1 Å². The van der Waals surface area contributed by atoms with Gasteiger partial charge in [-0.25, -0.2) is 4.79 Å². The fraction of sp³-hybridized carbons (Fsp3) is 0.385. The second-order valence-electron chi connectivity index (χ2n) is 8.26. The Morgan fingerprint density at radius 3 is 2.24 bits per heavy atom. The summed E-state index contributed by atoms with van der Waals surface area (Å²) >= 11 is 0. The third-order valence-corrected chi connectivity index (χ3v) is 4.94. The molecule has 1 rings (SSSR count). The number of carbonyl (C=O) groups is 2. The molecular weight excluding hydrogens is 360 g/mol. The van der Waals surface area contributed by atoms with Crippen LogP contribution in [0.2, 0.25) is 0 Å². The van der Waals surface area contributed by atoms with Crippen molar-refractivity contribution in [3.8, 4) is 0 Å². The Kier molecular flexibility index (Phi) is 9.54. The molecule has 0 fully saturated rings. The second-order valence-corrected chi connectivity index (χ2v) is 8.26. The Balaban J connectivity index is 2.71. The molecule has 1 aliphatic rings. The van der Waals surface area contributed by atoms with E-state index in [4.69, 9.17) is 0 Å². The van der Waals surface area contributed by atoms with Crippen LogP contribution in [0.5, 0.6) is 0 Å². The molecule has 0 radical (unpaired) electrons. The molecule has 1 aliphatic carbocycles. The smallest absolute Gasteiger partial charge is 0.333 e. The molecule has 1 atom stereocenters. The Morgan fingerprint density at radius 1 is 1.03 bits per heavy atom. The predicted octanol–water partition coefficient (Wildman–Crippen LogP) is 6.23. The largest absolute Gasteiger partial charge is 0.466 e. The number of methoxy groups -OCH3 is 1. The van der Waals surface area contributed by atoms with E-state index in [1.54, 1.807) is 19.1 Å². The van der Waals surface area contributed by atoms with Crippen LogP contribution in [0.3, 0.4) is 0 Å². The number of esters is 1. The zero-order valence-corrected chi connectivity index (χ0v) is 18.8. The summed E-state index contributed by atoms with van der Waals surface area (Å²) in [7, 11) is 1.37. The number of ether oxygens (including phenoxy) is 1.